The van der Waals surface area contributed by atoms with E-state index in [1.807, 2.05) is 12.1 Å². The minimum Gasteiger partial charge on any atom is -0.497 e. The maximum absolute atomic E-state index is 11.7. The molecule has 4 rings (SSSR count). The molecule has 0 fully saturated rings. The molecule has 0 spiro atoms. The van der Waals surface area contributed by atoms with Crippen LogP contribution in [0.1, 0.15) is 23.5 Å². The number of benzene rings is 2. The van der Waals surface area contributed by atoms with Gasteiger partial charge in [-0.2, -0.15) is 0 Å². The first kappa shape index (κ1) is 15.8. The predicted octanol–water partition coefficient (Wildman–Crippen LogP) is 3.37. The van der Waals surface area contributed by atoms with Crippen molar-refractivity contribution in [2.45, 2.75) is 18.8 Å². The van der Waals surface area contributed by atoms with Crippen LogP contribution in [0, 0.1) is 0 Å². The van der Waals surface area contributed by atoms with E-state index in [1.54, 1.807) is 7.11 Å². The molecule has 1 unspecified atom stereocenters. The van der Waals surface area contributed by atoms with Crippen LogP contribution in [-0.4, -0.2) is 33.3 Å². The summed E-state index contributed by atoms with van der Waals surface area (Å²) < 4.78 is 16.1. The smallest absolute Gasteiger partial charge is 0.306 e. The van der Waals surface area contributed by atoms with E-state index in [-0.39, 0.29) is 11.9 Å². The van der Waals surface area contributed by atoms with Gasteiger partial charge in [0.2, 0.25) is 0 Å². The number of hydrogen-bond donors (Lipinski definition) is 1. The van der Waals surface area contributed by atoms with Crippen molar-refractivity contribution in [3.8, 4) is 22.6 Å². The molecular formula is C20H21NO4. The Morgan fingerprint density at radius 1 is 1.28 bits per heavy atom. The second kappa shape index (κ2) is 6.31. The monoisotopic (exact) mass is 339 g/mol. The lowest BCUT2D eigenvalue weighted by Gasteiger charge is -2.14. The fraction of sp³-hybridized carbons (Fsp3) is 0.350. The van der Waals surface area contributed by atoms with Gasteiger partial charge in [0.25, 0.3) is 0 Å². The minimum atomic E-state index is -0.185. The number of fused-ring (bicyclic) bond motifs is 2. The molecule has 2 aromatic rings. The number of anilines is 1. The third kappa shape index (κ3) is 2.80. The Bertz CT molecular complexity index is 831. The van der Waals surface area contributed by atoms with Gasteiger partial charge in [-0.1, -0.05) is 6.07 Å². The van der Waals surface area contributed by atoms with E-state index in [9.17, 15) is 4.79 Å². The van der Waals surface area contributed by atoms with E-state index >= 15 is 0 Å². The number of rotatable bonds is 4. The van der Waals surface area contributed by atoms with Gasteiger partial charge in [0.15, 0.2) is 0 Å². The highest BCUT2D eigenvalue weighted by molar-refractivity contribution is 5.79. The molecule has 0 aromatic heterocycles. The van der Waals surface area contributed by atoms with E-state index in [0.29, 0.717) is 13.0 Å². The average molecular weight is 339 g/mol. The lowest BCUT2D eigenvalue weighted by molar-refractivity contribution is -0.140. The van der Waals surface area contributed by atoms with E-state index in [0.717, 1.165) is 46.8 Å². The molecule has 2 aromatic carbocycles. The van der Waals surface area contributed by atoms with Gasteiger partial charge < -0.3 is 19.5 Å². The predicted molar refractivity (Wildman–Crippen MR) is 95.5 cm³/mol. The number of methoxy groups -OCH3 is 2. The molecule has 0 radical (unpaired) electrons. The summed E-state index contributed by atoms with van der Waals surface area (Å²) in [5.41, 5.74) is 5.53. The molecule has 0 saturated carbocycles. The van der Waals surface area contributed by atoms with Crippen molar-refractivity contribution in [2.75, 3.05) is 32.7 Å². The number of esters is 1. The van der Waals surface area contributed by atoms with Crippen LogP contribution in [0.25, 0.3) is 11.1 Å². The quantitative estimate of drug-likeness (QED) is 0.866. The summed E-state index contributed by atoms with van der Waals surface area (Å²) in [6.07, 6.45) is 1.28. The summed E-state index contributed by atoms with van der Waals surface area (Å²) in [6, 6.07) is 10.4. The van der Waals surface area contributed by atoms with E-state index in [2.05, 4.69) is 23.5 Å². The largest absolute Gasteiger partial charge is 0.497 e. The van der Waals surface area contributed by atoms with Gasteiger partial charge >= 0.3 is 5.97 Å². The van der Waals surface area contributed by atoms with Gasteiger partial charge in [0, 0.05) is 35.7 Å². The standard InChI is InChI=1S/C20H21NO4/c1-23-15-7-13-5-6-25-20(13)17(10-15)12-3-4-18-16(8-12)14(11-21-18)9-19(22)24-2/h3-4,7-8,10,14,21H,5-6,9,11H2,1-2H3. The molecule has 0 saturated heterocycles. The first-order valence-corrected chi connectivity index (χ1v) is 8.48. The third-order valence-corrected chi connectivity index (χ3v) is 4.97. The van der Waals surface area contributed by atoms with Crippen LogP contribution in [0.2, 0.25) is 0 Å². The first-order chi connectivity index (χ1) is 12.2. The van der Waals surface area contributed by atoms with Crippen molar-refractivity contribution in [1.82, 2.24) is 0 Å². The van der Waals surface area contributed by atoms with Crippen LogP contribution >= 0.6 is 0 Å². The molecule has 2 aliphatic heterocycles. The third-order valence-electron chi connectivity index (χ3n) is 4.97. The Morgan fingerprint density at radius 2 is 2.16 bits per heavy atom. The fourth-order valence-electron chi connectivity index (χ4n) is 3.65. The van der Waals surface area contributed by atoms with Gasteiger partial charge in [-0.25, -0.2) is 0 Å². The van der Waals surface area contributed by atoms with Crippen molar-refractivity contribution in [3.63, 3.8) is 0 Å². The van der Waals surface area contributed by atoms with Crippen LogP contribution in [0.3, 0.4) is 0 Å². The molecule has 0 aliphatic carbocycles. The Morgan fingerprint density at radius 3 is 2.96 bits per heavy atom. The van der Waals surface area contributed by atoms with Crippen molar-refractivity contribution < 1.29 is 19.0 Å². The van der Waals surface area contributed by atoms with E-state index < -0.39 is 0 Å². The molecule has 1 N–H and O–H groups in total. The highest BCUT2D eigenvalue weighted by Crippen LogP contribution is 2.43. The van der Waals surface area contributed by atoms with Crippen molar-refractivity contribution in [1.29, 1.82) is 0 Å². The van der Waals surface area contributed by atoms with Crippen LogP contribution < -0.4 is 14.8 Å². The summed E-state index contributed by atoms with van der Waals surface area (Å²) >= 11 is 0. The van der Waals surface area contributed by atoms with E-state index in [4.69, 9.17) is 14.2 Å². The molecule has 130 valence electrons. The number of nitrogens with one attached hydrogen (secondary N) is 1. The topological polar surface area (TPSA) is 56.8 Å². The molecule has 2 aliphatic rings. The van der Waals surface area contributed by atoms with Gasteiger partial charge in [-0.15, -0.1) is 0 Å². The van der Waals surface area contributed by atoms with Crippen molar-refractivity contribution in [3.05, 3.63) is 41.5 Å². The van der Waals surface area contributed by atoms with Crippen molar-refractivity contribution >= 4 is 11.7 Å². The summed E-state index contributed by atoms with van der Waals surface area (Å²) in [4.78, 5) is 11.7. The van der Waals surface area contributed by atoms with Crippen LogP contribution in [-0.2, 0) is 16.0 Å². The lowest BCUT2D eigenvalue weighted by Crippen LogP contribution is -2.10. The number of ether oxygens (including phenoxy) is 3. The summed E-state index contributed by atoms with van der Waals surface area (Å²) in [5.74, 6) is 1.72. The minimum absolute atomic E-state index is 0.127. The maximum Gasteiger partial charge on any atom is 0.306 e. The molecular weight excluding hydrogens is 318 g/mol. The second-order valence-corrected chi connectivity index (χ2v) is 6.42. The number of hydrogen-bond acceptors (Lipinski definition) is 5. The van der Waals surface area contributed by atoms with Gasteiger partial charge in [-0.3, -0.25) is 4.79 Å². The fourth-order valence-corrected chi connectivity index (χ4v) is 3.65. The Balaban J connectivity index is 1.75. The van der Waals surface area contributed by atoms with Gasteiger partial charge in [0.1, 0.15) is 11.5 Å². The van der Waals surface area contributed by atoms with Crippen LogP contribution in [0.15, 0.2) is 30.3 Å². The zero-order chi connectivity index (χ0) is 17.4. The Labute approximate surface area is 146 Å². The summed E-state index contributed by atoms with van der Waals surface area (Å²) in [6.45, 7) is 1.45. The second-order valence-electron chi connectivity index (χ2n) is 6.42. The zero-order valence-electron chi connectivity index (χ0n) is 14.4. The molecule has 5 heteroatoms. The highest BCUT2D eigenvalue weighted by atomic mass is 16.5. The average Bonchev–Trinajstić information content (AvgIpc) is 3.27. The molecule has 0 bridgehead atoms. The Hall–Kier alpha value is -2.69. The molecule has 25 heavy (non-hydrogen) atoms. The number of carbonyl (C=O) groups is 1. The summed E-state index contributed by atoms with van der Waals surface area (Å²) in [5, 5.41) is 3.37. The lowest BCUT2D eigenvalue weighted by atomic mass is 9.93. The SMILES string of the molecule is COC(=O)CC1CNc2ccc(-c3cc(OC)cc4c3OCC4)cc21. The first-order valence-electron chi connectivity index (χ1n) is 8.48. The maximum atomic E-state index is 11.7. The molecule has 1 atom stereocenters. The molecule has 0 amide bonds. The normalized spacial score (nSPS) is 17.3. The zero-order valence-corrected chi connectivity index (χ0v) is 14.4. The van der Waals surface area contributed by atoms with Crippen LogP contribution in [0.4, 0.5) is 5.69 Å². The van der Waals surface area contributed by atoms with Gasteiger partial charge in [0.05, 0.1) is 27.2 Å². The van der Waals surface area contributed by atoms with E-state index in [1.165, 1.54) is 12.7 Å². The van der Waals surface area contributed by atoms with Crippen molar-refractivity contribution in [2.24, 2.45) is 0 Å². The highest BCUT2D eigenvalue weighted by Gasteiger charge is 2.26. The molecule has 5 nitrogen and oxygen atoms in total. The number of carbonyl (C=O) groups excluding carboxylic acids is 1. The summed E-state index contributed by atoms with van der Waals surface area (Å²) in [7, 11) is 3.11. The molecule has 2 heterocycles. The Kier molecular flexibility index (Phi) is 3.99. The van der Waals surface area contributed by atoms with Crippen LogP contribution in [0.5, 0.6) is 11.5 Å². The van der Waals surface area contributed by atoms with Gasteiger partial charge in [-0.05, 0) is 35.4 Å².